The van der Waals surface area contributed by atoms with Crippen molar-refractivity contribution in [3.05, 3.63) is 42.1 Å². The van der Waals surface area contributed by atoms with Gasteiger partial charge in [0.15, 0.2) is 0 Å². The van der Waals surface area contributed by atoms with Gasteiger partial charge in [0.1, 0.15) is 12.4 Å². The van der Waals surface area contributed by atoms with Crippen LogP contribution in [0.15, 0.2) is 30.6 Å². The molecule has 0 saturated carbocycles. The minimum absolute atomic E-state index is 0.176. The second kappa shape index (κ2) is 3.96. The first-order chi connectivity index (χ1) is 8.78. The molecule has 0 bridgehead atoms. The van der Waals surface area contributed by atoms with Crippen molar-refractivity contribution in [2.24, 2.45) is 7.05 Å². The molecule has 0 spiro atoms. The Kier molecular flexibility index (Phi) is 2.31. The zero-order valence-electron chi connectivity index (χ0n) is 9.78. The van der Waals surface area contributed by atoms with Crippen molar-refractivity contribution in [2.75, 3.05) is 0 Å². The summed E-state index contributed by atoms with van der Waals surface area (Å²) in [4.78, 5) is 3.87. The third-order valence-corrected chi connectivity index (χ3v) is 2.78. The van der Waals surface area contributed by atoms with Crippen LogP contribution >= 0.6 is 0 Å². The van der Waals surface area contributed by atoms with E-state index in [0.717, 1.165) is 16.6 Å². The summed E-state index contributed by atoms with van der Waals surface area (Å²) in [7, 11) is 1.91. The number of hydrogen-bond donors (Lipinski definition) is 0. The number of fused-ring (bicyclic) bond motifs is 1. The number of aryl methyl sites for hydroxylation is 1. The van der Waals surface area contributed by atoms with Gasteiger partial charge in [0.25, 0.3) is 5.82 Å². The van der Waals surface area contributed by atoms with Gasteiger partial charge in [-0.15, -0.1) is 5.10 Å². The van der Waals surface area contributed by atoms with E-state index < -0.39 is 0 Å². The number of nitrogens with zero attached hydrogens (tertiary/aromatic N) is 6. The molecule has 6 heteroatoms. The number of aromatic nitrogens is 5. The van der Waals surface area contributed by atoms with Crippen molar-refractivity contribution in [2.45, 2.75) is 6.54 Å². The van der Waals surface area contributed by atoms with Crippen LogP contribution in [0, 0.1) is 11.3 Å². The van der Waals surface area contributed by atoms with Crippen molar-refractivity contribution in [1.82, 2.24) is 24.5 Å². The Hall–Kier alpha value is -2.68. The van der Waals surface area contributed by atoms with E-state index in [1.807, 2.05) is 42.1 Å². The zero-order valence-corrected chi connectivity index (χ0v) is 9.78. The maximum atomic E-state index is 8.68. The summed E-state index contributed by atoms with van der Waals surface area (Å²) in [5, 5.41) is 18.3. The van der Waals surface area contributed by atoms with Crippen LogP contribution < -0.4 is 0 Å². The molecule has 88 valence electrons. The second-order valence-electron chi connectivity index (χ2n) is 3.97. The van der Waals surface area contributed by atoms with Crippen molar-refractivity contribution in [3.8, 4) is 6.07 Å². The van der Waals surface area contributed by atoms with Crippen molar-refractivity contribution < 1.29 is 0 Å². The highest BCUT2D eigenvalue weighted by molar-refractivity contribution is 5.81. The predicted molar refractivity (Wildman–Crippen MR) is 64.6 cm³/mol. The molecule has 0 aliphatic rings. The lowest BCUT2D eigenvalue weighted by atomic mass is 10.2. The van der Waals surface area contributed by atoms with Crippen LogP contribution in [0.5, 0.6) is 0 Å². The maximum Gasteiger partial charge on any atom is 0.252 e. The van der Waals surface area contributed by atoms with Gasteiger partial charge in [-0.1, -0.05) is 18.2 Å². The fourth-order valence-corrected chi connectivity index (χ4v) is 1.98. The first-order valence-corrected chi connectivity index (χ1v) is 5.48. The summed E-state index contributed by atoms with van der Waals surface area (Å²) in [6.07, 6.45) is 1.54. The van der Waals surface area contributed by atoms with Gasteiger partial charge >= 0.3 is 0 Å². The summed E-state index contributed by atoms with van der Waals surface area (Å²) < 4.78 is 3.46. The minimum Gasteiger partial charge on any atom is -0.268 e. The first-order valence-electron chi connectivity index (χ1n) is 5.48. The molecule has 2 aromatic heterocycles. The quantitative estimate of drug-likeness (QED) is 0.669. The normalized spacial score (nSPS) is 10.7. The van der Waals surface area contributed by atoms with Crippen molar-refractivity contribution in [1.29, 1.82) is 5.26 Å². The summed E-state index contributed by atoms with van der Waals surface area (Å²) in [6.45, 7) is 0.510. The van der Waals surface area contributed by atoms with Gasteiger partial charge in [-0.3, -0.25) is 4.68 Å². The molecule has 0 unspecified atom stereocenters. The number of nitriles is 1. The number of para-hydroxylation sites is 1. The van der Waals surface area contributed by atoms with Gasteiger partial charge in [-0.2, -0.15) is 10.4 Å². The Balaban J connectivity index is 2.02. The molecule has 18 heavy (non-hydrogen) atoms. The lowest BCUT2D eigenvalue weighted by Crippen LogP contribution is -2.02. The van der Waals surface area contributed by atoms with Gasteiger partial charge in [0.2, 0.25) is 0 Å². The molecule has 0 N–H and O–H groups in total. The van der Waals surface area contributed by atoms with Gasteiger partial charge in [-0.05, 0) is 6.07 Å². The lowest BCUT2D eigenvalue weighted by molar-refractivity contribution is 0.652. The molecule has 0 aliphatic heterocycles. The van der Waals surface area contributed by atoms with Crippen LogP contribution in [0.3, 0.4) is 0 Å². The van der Waals surface area contributed by atoms with E-state index in [1.165, 1.54) is 0 Å². The lowest BCUT2D eigenvalue weighted by Gasteiger charge is -1.96. The van der Waals surface area contributed by atoms with E-state index in [4.69, 9.17) is 5.26 Å². The summed E-state index contributed by atoms with van der Waals surface area (Å²) >= 11 is 0. The largest absolute Gasteiger partial charge is 0.268 e. The predicted octanol–water partition coefficient (Wildman–Crippen LogP) is 1.08. The monoisotopic (exact) mass is 238 g/mol. The van der Waals surface area contributed by atoms with Crippen molar-refractivity contribution in [3.63, 3.8) is 0 Å². The Morgan fingerprint density at radius 1 is 1.28 bits per heavy atom. The smallest absolute Gasteiger partial charge is 0.252 e. The molecule has 3 aromatic rings. The number of benzene rings is 1. The standard InChI is InChI=1S/C12H10N6/c1-17-11-5-3-2-4-9(11)10(15-17)7-18-8-14-12(6-13)16-18/h2-5,8H,7H2,1H3. The molecular formula is C12H10N6. The van der Waals surface area contributed by atoms with Gasteiger partial charge in [0.05, 0.1) is 17.8 Å². The molecule has 6 nitrogen and oxygen atoms in total. The molecule has 0 amide bonds. The Morgan fingerprint density at radius 2 is 2.11 bits per heavy atom. The van der Waals surface area contributed by atoms with Crippen LogP contribution in [-0.2, 0) is 13.6 Å². The first kappa shape index (κ1) is 10.5. The van der Waals surface area contributed by atoms with Gasteiger partial charge < -0.3 is 0 Å². The molecule has 0 aliphatic carbocycles. The van der Waals surface area contributed by atoms with Gasteiger partial charge in [-0.25, -0.2) is 9.67 Å². The van der Waals surface area contributed by atoms with E-state index in [1.54, 1.807) is 11.0 Å². The number of rotatable bonds is 2. The van der Waals surface area contributed by atoms with E-state index >= 15 is 0 Å². The second-order valence-corrected chi connectivity index (χ2v) is 3.97. The highest BCUT2D eigenvalue weighted by Gasteiger charge is 2.09. The summed E-state index contributed by atoms with van der Waals surface area (Å²) in [6, 6.07) is 9.92. The maximum absolute atomic E-state index is 8.68. The molecule has 0 radical (unpaired) electrons. The van der Waals surface area contributed by atoms with Crippen LogP contribution in [0.2, 0.25) is 0 Å². The molecule has 1 aromatic carbocycles. The van der Waals surface area contributed by atoms with Crippen LogP contribution in [0.1, 0.15) is 11.5 Å². The third-order valence-electron chi connectivity index (χ3n) is 2.78. The fourth-order valence-electron chi connectivity index (χ4n) is 1.98. The SMILES string of the molecule is Cn1nc(Cn2cnc(C#N)n2)c2ccccc21. The fraction of sp³-hybridized carbons (Fsp3) is 0.167. The average Bonchev–Trinajstić information content (AvgIpc) is 2.97. The summed E-state index contributed by atoms with van der Waals surface area (Å²) in [5.74, 6) is 0.176. The Labute approximate surface area is 103 Å². The molecule has 0 fully saturated rings. The van der Waals surface area contributed by atoms with E-state index in [0.29, 0.717) is 6.54 Å². The van der Waals surface area contributed by atoms with E-state index in [-0.39, 0.29) is 5.82 Å². The molecule has 0 atom stereocenters. The zero-order chi connectivity index (χ0) is 12.5. The third kappa shape index (κ3) is 1.62. The minimum atomic E-state index is 0.176. The van der Waals surface area contributed by atoms with E-state index in [2.05, 4.69) is 15.2 Å². The van der Waals surface area contributed by atoms with Gasteiger partial charge in [0, 0.05) is 12.4 Å². The Morgan fingerprint density at radius 3 is 2.89 bits per heavy atom. The van der Waals surface area contributed by atoms with Crippen LogP contribution in [-0.4, -0.2) is 24.5 Å². The summed E-state index contributed by atoms with van der Waals surface area (Å²) in [5.41, 5.74) is 2.00. The van der Waals surface area contributed by atoms with Crippen LogP contribution in [0.4, 0.5) is 0 Å². The molecule has 0 saturated heterocycles. The molecule has 3 rings (SSSR count). The highest BCUT2D eigenvalue weighted by atomic mass is 15.3. The highest BCUT2D eigenvalue weighted by Crippen LogP contribution is 2.17. The van der Waals surface area contributed by atoms with Crippen LogP contribution in [0.25, 0.3) is 10.9 Å². The Bertz CT molecular complexity index is 745. The number of hydrogen-bond acceptors (Lipinski definition) is 4. The van der Waals surface area contributed by atoms with E-state index in [9.17, 15) is 0 Å². The topological polar surface area (TPSA) is 72.3 Å². The molecule has 2 heterocycles. The average molecular weight is 238 g/mol. The molecular weight excluding hydrogens is 228 g/mol. The van der Waals surface area contributed by atoms with Crippen molar-refractivity contribution >= 4 is 10.9 Å².